The molecule has 1 aliphatic rings. The Bertz CT molecular complexity index is 1830. The van der Waals surface area contributed by atoms with Crippen molar-refractivity contribution in [3.8, 4) is 28.8 Å². The second-order valence-corrected chi connectivity index (χ2v) is 9.82. The summed E-state index contributed by atoms with van der Waals surface area (Å²) in [5.74, 6) is -1.10. The second kappa shape index (κ2) is 12.0. The molecule has 5 rings (SSSR count). The number of benzene rings is 3. The van der Waals surface area contributed by atoms with E-state index in [1.165, 1.54) is 12.1 Å². The van der Waals surface area contributed by atoms with Crippen LogP contribution < -0.4 is 4.74 Å². The van der Waals surface area contributed by atoms with Gasteiger partial charge in [0.2, 0.25) is 0 Å². The van der Waals surface area contributed by atoms with Gasteiger partial charge in [-0.25, -0.2) is 4.68 Å². The minimum absolute atomic E-state index is 0.127. The van der Waals surface area contributed by atoms with E-state index in [1.807, 2.05) is 66.7 Å². The highest BCUT2D eigenvalue weighted by Crippen LogP contribution is 2.37. The van der Waals surface area contributed by atoms with Crippen LogP contribution in [0.15, 0.2) is 102 Å². The fraction of sp³-hybridized carbons (Fsp3) is 0.152. The van der Waals surface area contributed by atoms with Crippen molar-refractivity contribution in [2.75, 3.05) is 6.61 Å². The molecule has 43 heavy (non-hydrogen) atoms. The summed E-state index contributed by atoms with van der Waals surface area (Å²) < 4.78 is 7.06. The number of para-hydroxylation sites is 1. The first kappa shape index (κ1) is 28.7. The minimum Gasteiger partial charge on any atom is -0.487 e. The van der Waals surface area contributed by atoms with Crippen LogP contribution in [-0.2, 0) is 9.59 Å². The molecule has 1 unspecified atom stereocenters. The van der Waals surface area contributed by atoms with Crippen molar-refractivity contribution in [2.45, 2.75) is 26.8 Å². The molecule has 10 heteroatoms. The molecule has 2 heterocycles. The summed E-state index contributed by atoms with van der Waals surface area (Å²) in [7, 11) is 0. The fourth-order valence-electron chi connectivity index (χ4n) is 5.00. The zero-order valence-electron chi connectivity index (χ0n) is 23.7. The highest BCUT2D eigenvalue weighted by Gasteiger charge is 2.39. The van der Waals surface area contributed by atoms with E-state index in [0.29, 0.717) is 16.8 Å². The van der Waals surface area contributed by atoms with E-state index < -0.39 is 22.8 Å². The van der Waals surface area contributed by atoms with Crippen LogP contribution in [-0.4, -0.2) is 38.0 Å². The number of carbonyl (C=O) groups excluding carboxylic acids is 2. The third-order valence-electron chi connectivity index (χ3n) is 7.23. The molecule has 10 nitrogen and oxygen atoms in total. The van der Waals surface area contributed by atoms with Gasteiger partial charge in [0.15, 0.2) is 5.75 Å². The molecule has 1 aliphatic heterocycles. The molecule has 0 saturated heterocycles. The van der Waals surface area contributed by atoms with Gasteiger partial charge in [0.25, 0.3) is 11.8 Å². The van der Waals surface area contributed by atoms with E-state index in [4.69, 9.17) is 9.84 Å². The Balaban J connectivity index is 1.70. The maximum Gasteiger partial charge on any atom is 0.311 e. The first-order valence-electron chi connectivity index (χ1n) is 13.6. The molecular weight excluding hydrogens is 546 g/mol. The predicted molar refractivity (Wildman–Crippen MR) is 160 cm³/mol. The van der Waals surface area contributed by atoms with Crippen molar-refractivity contribution in [1.82, 2.24) is 14.7 Å². The molecule has 4 aromatic rings. The lowest BCUT2D eigenvalue weighted by molar-refractivity contribution is -0.385. The second-order valence-electron chi connectivity index (χ2n) is 9.82. The number of ether oxygens (including phenoxy) is 1. The van der Waals surface area contributed by atoms with E-state index in [0.717, 1.165) is 16.2 Å². The topological polar surface area (TPSA) is 131 Å². The minimum atomic E-state index is -0.666. The van der Waals surface area contributed by atoms with E-state index in [2.05, 4.69) is 0 Å². The van der Waals surface area contributed by atoms with Crippen molar-refractivity contribution in [3.05, 3.63) is 123 Å². The van der Waals surface area contributed by atoms with Crippen LogP contribution >= 0.6 is 0 Å². The number of hydrogen-bond acceptors (Lipinski definition) is 7. The Morgan fingerprint density at radius 3 is 2.35 bits per heavy atom. The Labute approximate surface area is 247 Å². The first-order valence-corrected chi connectivity index (χ1v) is 13.6. The molecule has 3 aromatic carbocycles. The van der Waals surface area contributed by atoms with E-state index >= 15 is 0 Å². The number of carbonyl (C=O) groups is 2. The van der Waals surface area contributed by atoms with Gasteiger partial charge in [-0.1, -0.05) is 48.5 Å². The van der Waals surface area contributed by atoms with Crippen LogP contribution in [0.1, 0.15) is 37.9 Å². The maximum absolute atomic E-state index is 14.0. The number of nitro benzene ring substituents is 1. The molecule has 1 atom stereocenters. The first-order chi connectivity index (χ1) is 20.7. The molecule has 0 bridgehead atoms. The number of nitro groups is 1. The van der Waals surface area contributed by atoms with Crippen molar-refractivity contribution in [3.63, 3.8) is 0 Å². The van der Waals surface area contributed by atoms with E-state index in [-0.39, 0.29) is 34.8 Å². The molecule has 0 saturated carbocycles. The molecule has 0 fully saturated rings. The zero-order chi connectivity index (χ0) is 30.7. The Morgan fingerprint density at radius 1 is 1.05 bits per heavy atom. The number of imide groups is 1. The lowest BCUT2D eigenvalue weighted by Gasteiger charge is -2.32. The van der Waals surface area contributed by atoms with Gasteiger partial charge >= 0.3 is 5.69 Å². The van der Waals surface area contributed by atoms with Crippen molar-refractivity contribution >= 4 is 23.6 Å². The molecule has 214 valence electrons. The predicted octanol–water partition coefficient (Wildman–Crippen LogP) is 6.20. The van der Waals surface area contributed by atoms with Gasteiger partial charge in [-0.3, -0.25) is 24.6 Å². The molecule has 0 N–H and O–H groups in total. The van der Waals surface area contributed by atoms with Gasteiger partial charge in [-0.2, -0.15) is 10.4 Å². The zero-order valence-corrected chi connectivity index (χ0v) is 23.7. The summed E-state index contributed by atoms with van der Waals surface area (Å²) >= 11 is 0. The van der Waals surface area contributed by atoms with Crippen LogP contribution in [0.4, 0.5) is 5.69 Å². The van der Waals surface area contributed by atoms with Crippen molar-refractivity contribution in [2.24, 2.45) is 0 Å². The summed E-state index contributed by atoms with van der Waals surface area (Å²) in [5.41, 5.74) is 2.73. The SMILES string of the molecule is CCOc1ccc(-c2nn(-c3ccccc3)cc2/C=C2/C(=O)N(C(C)c3ccccc3)C(=O)C(C#N)=C2C)cc1[N+](=O)[O-]. The van der Waals surface area contributed by atoms with Crippen LogP contribution in [0.2, 0.25) is 0 Å². The summed E-state index contributed by atoms with van der Waals surface area (Å²) in [6.07, 6.45) is 3.28. The highest BCUT2D eigenvalue weighted by atomic mass is 16.6. The summed E-state index contributed by atoms with van der Waals surface area (Å²) in [6.45, 7) is 5.29. The average molecular weight is 574 g/mol. The number of hydrogen-bond donors (Lipinski definition) is 0. The third kappa shape index (κ3) is 5.44. The van der Waals surface area contributed by atoms with Gasteiger partial charge in [0, 0.05) is 29.0 Å². The summed E-state index contributed by atoms with van der Waals surface area (Å²) in [5, 5.41) is 26.5. The van der Waals surface area contributed by atoms with Crippen LogP contribution in [0.5, 0.6) is 5.75 Å². The van der Waals surface area contributed by atoms with Gasteiger partial charge < -0.3 is 4.74 Å². The van der Waals surface area contributed by atoms with Gasteiger partial charge in [-0.05, 0) is 62.2 Å². The van der Waals surface area contributed by atoms with Gasteiger partial charge in [0.1, 0.15) is 17.3 Å². The maximum atomic E-state index is 14.0. The Kier molecular flexibility index (Phi) is 7.98. The fourth-order valence-corrected chi connectivity index (χ4v) is 5.00. The molecule has 0 spiro atoms. The van der Waals surface area contributed by atoms with Crippen LogP contribution in [0, 0.1) is 21.4 Å². The Hall–Kier alpha value is -5.82. The van der Waals surface area contributed by atoms with Crippen molar-refractivity contribution < 1.29 is 19.2 Å². The van der Waals surface area contributed by atoms with Crippen molar-refractivity contribution in [1.29, 1.82) is 5.26 Å². The van der Waals surface area contributed by atoms with E-state index in [1.54, 1.807) is 43.8 Å². The number of aromatic nitrogens is 2. The van der Waals surface area contributed by atoms with Crippen LogP contribution in [0.3, 0.4) is 0 Å². The molecule has 2 amide bonds. The quantitative estimate of drug-likeness (QED) is 0.106. The smallest absolute Gasteiger partial charge is 0.311 e. The normalized spacial score (nSPS) is 15.0. The van der Waals surface area contributed by atoms with Gasteiger partial charge in [-0.15, -0.1) is 0 Å². The standard InChI is InChI=1S/C33H27N5O5/c1-4-43-30-16-15-24(18-29(30)38(41)42)31-25(20-36(35-31)26-13-9-6-10-14-26)17-27-21(2)28(19-34)33(40)37(32(27)39)22(3)23-11-7-5-8-12-23/h5-18,20,22H,4H2,1-3H3/b27-17+. The summed E-state index contributed by atoms with van der Waals surface area (Å²) in [4.78, 5) is 39.8. The van der Waals surface area contributed by atoms with E-state index in [9.17, 15) is 25.0 Å². The number of rotatable bonds is 8. The lowest BCUT2D eigenvalue weighted by atomic mass is 9.91. The summed E-state index contributed by atoms with van der Waals surface area (Å²) in [6, 6.07) is 24.2. The molecular formula is C33H27N5O5. The number of nitriles is 1. The molecule has 0 radical (unpaired) electrons. The molecule has 0 aliphatic carbocycles. The number of nitrogens with zero attached hydrogens (tertiary/aromatic N) is 5. The monoisotopic (exact) mass is 573 g/mol. The largest absolute Gasteiger partial charge is 0.487 e. The third-order valence-corrected chi connectivity index (χ3v) is 7.23. The lowest BCUT2D eigenvalue weighted by Crippen LogP contribution is -2.44. The van der Waals surface area contributed by atoms with Gasteiger partial charge in [0.05, 0.1) is 23.3 Å². The Morgan fingerprint density at radius 2 is 1.72 bits per heavy atom. The van der Waals surface area contributed by atoms with Crippen LogP contribution in [0.25, 0.3) is 23.0 Å². The number of amides is 2. The average Bonchev–Trinajstić information content (AvgIpc) is 3.44. The molecule has 1 aromatic heterocycles. The highest BCUT2D eigenvalue weighted by molar-refractivity contribution is 6.20.